The molecule has 0 unspecified atom stereocenters. The molecule has 0 saturated heterocycles. The molecular formula is C17H26FNO. The summed E-state index contributed by atoms with van der Waals surface area (Å²) in [6.07, 6.45) is 7.84. The van der Waals surface area contributed by atoms with Gasteiger partial charge in [-0.1, -0.05) is 25.8 Å². The lowest BCUT2D eigenvalue weighted by Gasteiger charge is -2.37. The number of hydrogen-bond donors (Lipinski definition) is 1. The summed E-state index contributed by atoms with van der Waals surface area (Å²) in [7, 11) is 1.48. The van der Waals surface area contributed by atoms with Crippen LogP contribution in [0.4, 0.5) is 4.39 Å². The number of benzene rings is 1. The van der Waals surface area contributed by atoms with Crippen molar-refractivity contribution in [2.45, 2.75) is 57.4 Å². The molecule has 2 N–H and O–H groups in total. The second kappa shape index (κ2) is 6.57. The second-order valence-electron chi connectivity index (χ2n) is 6.24. The van der Waals surface area contributed by atoms with Crippen LogP contribution in [0.25, 0.3) is 0 Å². The topological polar surface area (TPSA) is 35.2 Å². The molecular weight excluding hydrogens is 253 g/mol. The van der Waals surface area contributed by atoms with Crippen LogP contribution in [0.5, 0.6) is 5.75 Å². The summed E-state index contributed by atoms with van der Waals surface area (Å²) in [5.41, 5.74) is 7.33. The lowest BCUT2D eigenvalue weighted by molar-refractivity contribution is 0.223. The maximum absolute atomic E-state index is 13.7. The first-order valence-electron chi connectivity index (χ1n) is 7.67. The number of ether oxygens (including phenoxy) is 1. The van der Waals surface area contributed by atoms with E-state index in [0.717, 1.165) is 30.7 Å². The third-order valence-electron chi connectivity index (χ3n) is 4.57. The van der Waals surface area contributed by atoms with E-state index in [1.165, 1.54) is 32.8 Å². The van der Waals surface area contributed by atoms with Gasteiger partial charge in [0, 0.05) is 5.54 Å². The van der Waals surface area contributed by atoms with Crippen molar-refractivity contribution in [2.75, 3.05) is 7.11 Å². The minimum atomic E-state index is -0.298. The van der Waals surface area contributed by atoms with E-state index < -0.39 is 0 Å². The number of methoxy groups -OCH3 is 1. The van der Waals surface area contributed by atoms with Crippen molar-refractivity contribution < 1.29 is 9.13 Å². The Hall–Kier alpha value is -1.09. The number of halogens is 1. The Morgan fingerprint density at radius 3 is 2.60 bits per heavy atom. The van der Waals surface area contributed by atoms with Crippen LogP contribution >= 0.6 is 0 Å². The van der Waals surface area contributed by atoms with Crippen molar-refractivity contribution in [3.8, 4) is 5.75 Å². The molecule has 0 aromatic heterocycles. The van der Waals surface area contributed by atoms with Gasteiger partial charge in [0.25, 0.3) is 0 Å². The molecule has 1 saturated carbocycles. The summed E-state index contributed by atoms with van der Waals surface area (Å²) in [6.45, 7) is 2.24. The molecule has 0 spiro atoms. The Bertz CT molecular complexity index is 439. The molecule has 2 nitrogen and oxygen atoms in total. The molecule has 0 radical (unpaired) electrons. The lowest BCUT2D eigenvalue weighted by atomic mass is 9.73. The summed E-state index contributed by atoms with van der Waals surface area (Å²) >= 11 is 0. The molecule has 1 aromatic rings. The van der Waals surface area contributed by atoms with Crippen LogP contribution in [-0.4, -0.2) is 12.6 Å². The normalized spacial score (nSPS) is 26.5. The van der Waals surface area contributed by atoms with E-state index in [9.17, 15) is 4.39 Å². The fourth-order valence-corrected chi connectivity index (χ4v) is 3.35. The van der Waals surface area contributed by atoms with Gasteiger partial charge >= 0.3 is 0 Å². The van der Waals surface area contributed by atoms with Gasteiger partial charge in [-0.2, -0.15) is 0 Å². The molecule has 2 rings (SSSR count). The Labute approximate surface area is 121 Å². The highest BCUT2D eigenvalue weighted by atomic mass is 19.1. The van der Waals surface area contributed by atoms with Crippen LogP contribution in [0.1, 0.15) is 51.0 Å². The van der Waals surface area contributed by atoms with Crippen LogP contribution in [0.3, 0.4) is 0 Å². The van der Waals surface area contributed by atoms with Gasteiger partial charge in [-0.3, -0.25) is 0 Å². The smallest absolute Gasteiger partial charge is 0.165 e. The summed E-state index contributed by atoms with van der Waals surface area (Å²) < 4.78 is 18.7. The predicted octanol–water partition coefficient (Wildman–Crippen LogP) is 4.06. The number of rotatable bonds is 5. The zero-order valence-corrected chi connectivity index (χ0v) is 12.6. The van der Waals surface area contributed by atoms with Gasteiger partial charge in [0.1, 0.15) is 0 Å². The third kappa shape index (κ3) is 3.72. The monoisotopic (exact) mass is 279 g/mol. The quantitative estimate of drug-likeness (QED) is 0.882. The highest BCUT2D eigenvalue weighted by Crippen LogP contribution is 2.35. The minimum absolute atomic E-state index is 0.161. The summed E-state index contributed by atoms with van der Waals surface area (Å²) in [4.78, 5) is 0. The first-order valence-corrected chi connectivity index (χ1v) is 7.67. The highest BCUT2D eigenvalue weighted by molar-refractivity contribution is 5.30. The Kier molecular flexibility index (Phi) is 5.03. The van der Waals surface area contributed by atoms with E-state index in [4.69, 9.17) is 10.5 Å². The second-order valence-corrected chi connectivity index (χ2v) is 6.24. The fraction of sp³-hybridized carbons (Fsp3) is 0.647. The van der Waals surface area contributed by atoms with Crippen molar-refractivity contribution in [1.82, 2.24) is 0 Å². The molecule has 1 fully saturated rings. The van der Waals surface area contributed by atoms with Gasteiger partial charge in [0.2, 0.25) is 0 Å². The average molecular weight is 279 g/mol. The van der Waals surface area contributed by atoms with Crippen LogP contribution in [-0.2, 0) is 6.42 Å². The van der Waals surface area contributed by atoms with Crippen molar-refractivity contribution >= 4 is 0 Å². The largest absolute Gasteiger partial charge is 0.494 e. The van der Waals surface area contributed by atoms with E-state index >= 15 is 0 Å². The van der Waals surface area contributed by atoms with E-state index in [2.05, 4.69) is 6.92 Å². The van der Waals surface area contributed by atoms with Gasteiger partial charge < -0.3 is 10.5 Å². The summed E-state index contributed by atoms with van der Waals surface area (Å²) in [6, 6.07) is 5.18. The van der Waals surface area contributed by atoms with Crippen LogP contribution in [0.15, 0.2) is 18.2 Å². The van der Waals surface area contributed by atoms with Gasteiger partial charge in [-0.15, -0.1) is 0 Å². The highest BCUT2D eigenvalue weighted by Gasteiger charge is 2.31. The van der Waals surface area contributed by atoms with Crippen molar-refractivity contribution in [3.63, 3.8) is 0 Å². The molecule has 0 bridgehead atoms. The summed E-state index contributed by atoms with van der Waals surface area (Å²) in [5, 5.41) is 0. The van der Waals surface area contributed by atoms with Crippen molar-refractivity contribution in [3.05, 3.63) is 29.6 Å². The minimum Gasteiger partial charge on any atom is -0.494 e. The average Bonchev–Trinajstić information content (AvgIpc) is 2.42. The molecule has 0 heterocycles. The molecule has 1 aliphatic rings. The molecule has 0 amide bonds. The Morgan fingerprint density at radius 2 is 2.05 bits per heavy atom. The van der Waals surface area contributed by atoms with E-state index in [1.807, 2.05) is 6.07 Å². The maximum atomic E-state index is 13.7. The molecule has 3 heteroatoms. The molecule has 0 aliphatic heterocycles. The number of hydrogen-bond acceptors (Lipinski definition) is 2. The Balaban J connectivity index is 1.97. The van der Waals surface area contributed by atoms with Crippen LogP contribution < -0.4 is 10.5 Å². The van der Waals surface area contributed by atoms with Gasteiger partial charge in [0.15, 0.2) is 11.6 Å². The van der Waals surface area contributed by atoms with Crippen molar-refractivity contribution in [1.29, 1.82) is 0 Å². The van der Waals surface area contributed by atoms with Gasteiger partial charge in [0.05, 0.1) is 7.11 Å². The third-order valence-corrected chi connectivity index (χ3v) is 4.57. The first-order chi connectivity index (χ1) is 9.56. The van der Waals surface area contributed by atoms with E-state index in [0.29, 0.717) is 5.75 Å². The molecule has 1 aromatic carbocycles. The molecule has 0 atom stereocenters. The SMILES string of the molecule is CCCC1CCC(N)(Cc2ccc(OC)c(F)c2)CC1. The van der Waals surface area contributed by atoms with E-state index in [-0.39, 0.29) is 11.4 Å². The number of nitrogens with two attached hydrogens (primary N) is 1. The van der Waals surface area contributed by atoms with Crippen LogP contribution in [0.2, 0.25) is 0 Å². The zero-order chi connectivity index (χ0) is 14.6. The summed E-state index contributed by atoms with van der Waals surface area (Å²) in [5.74, 6) is 0.837. The fourth-order valence-electron chi connectivity index (χ4n) is 3.35. The molecule has 1 aliphatic carbocycles. The van der Waals surface area contributed by atoms with Crippen LogP contribution in [0, 0.1) is 11.7 Å². The zero-order valence-electron chi connectivity index (χ0n) is 12.6. The standard InChI is InChI=1S/C17H26FNO/c1-3-4-13-7-9-17(19,10-8-13)12-14-5-6-16(20-2)15(18)11-14/h5-6,11,13H,3-4,7-10,12,19H2,1-2H3. The van der Waals surface area contributed by atoms with Gasteiger partial charge in [-0.05, 0) is 55.7 Å². The van der Waals surface area contributed by atoms with Crippen molar-refractivity contribution in [2.24, 2.45) is 11.7 Å². The molecule has 112 valence electrons. The van der Waals surface area contributed by atoms with Gasteiger partial charge in [-0.25, -0.2) is 4.39 Å². The van der Waals surface area contributed by atoms with E-state index in [1.54, 1.807) is 12.1 Å². The predicted molar refractivity (Wildman–Crippen MR) is 80.4 cm³/mol. The maximum Gasteiger partial charge on any atom is 0.165 e. The lowest BCUT2D eigenvalue weighted by Crippen LogP contribution is -2.45. The first kappa shape index (κ1) is 15.3. The Morgan fingerprint density at radius 1 is 1.35 bits per heavy atom. The molecule has 20 heavy (non-hydrogen) atoms.